The first-order chi connectivity index (χ1) is 14.5. The summed E-state index contributed by atoms with van der Waals surface area (Å²) in [6, 6.07) is 7.45. The van der Waals surface area contributed by atoms with Gasteiger partial charge in [-0.15, -0.1) is 11.3 Å². The molecule has 30 heavy (non-hydrogen) atoms. The molecule has 0 radical (unpaired) electrons. The summed E-state index contributed by atoms with van der Waals surface area (Å²) in [5, 5.41) is 3.86. The fourth-order valence-electron chi connectivity index (χ4n) is 5.22. The molecule has 1 aliphatic carbocycles. The van der Waals surface area contributed by atoms with Crippen LogP contribution in [0.2, 0.25) is 0 Å². The average molecular weight is 427 g/mol. The number of likely N-dealkylation sites (tertiary alicyclic amines) is 1. The quantitative estimate of drug-likeness (QED) is 0.762. The van der Waals surface area contributed by atoms with Crippen molar-refractivity contribution in [3.8, 4) is 0 Å². The third-order valence-electron chi connectivity index (χ3n) is 6.96. The number of amides is 4. The van der Waals surface area contributed by atoms with Crippen LogP contribution in [0.4, 0.5) is 4.79 Å². The Morgan fingerprint density at radius 3 is 2.87 bits per heavy atom. The van der Waals surface area contributed by atoms with Gasteiger partial charge in [0.05, 0.1) is 16.3 Å². The summed E-state index contributed by atoms with van der Waals surface area (Å²) in [7, 11) is 0. The van der Waals surface area contributed by atoms with Gasteiger partial charge in [0.2, 0.25) is 5.91 Å². The molecule has 158 valence electrons. The maximum absolute atomic E-state index is 13.2. The number of rotatable bonds is 3. The number of thiazole rings is 1. The van der Waals surface area contributed by atoms with Crippen LogP contribution >= 0.6 is 11.3 Å². The topological polar surface area (TPSA) is 82.6 Å². The average Bonchev–Trinajstić information content (AvgIpc) is 3.43. The smallest absolute Gasteiger partial charge is 0.325 e. The molecule has 7 nitrogen and oxygen atoms in total. The molecule has 3 atom stereocenters. The predicted molar refractivity (Wildman–Crippen MR) is 114 cm³/mol. The number of hydrogen-bond donors (Lipinski definition) is 1. The van der Waals surface area contributed by atoms with Crippen molar-refractivity contribution in [2.45, 2.75) is 57.0 Å². The second-order valence-corrected chi connectivity index (χ2v) is 9.77. The predicted octanol–water partition coefficient (Wildman–Crippen LogP) is 3.46. The van der Waals surface area contributed by atoms with Crippen molar-refractivity contribution in [3.05, 3.63) is 29.3 Å². The van der Waals surface area contributed by atoms with E-state index in [1.807, 2.05) is 31.2 Å². The minimum absolute atomic E-state index is 0.0850. The third kappa shape index (κ3) is 3.00. The van der Waals surface area contributed by atoms with Crippen molar-refractivity contribution in [1.29, 1.82) is 0 Å². The van der Waals surface area contributed by atoms with Gasteiger partial charge in [0.1, 0.15) is 17.1 Å². The Morgan fingerprint density at radius 2 is 2.07 bits per heavy atom. The normalized spacial score (nSPS) is 29.2. The fourth-order valence-corrected chi connectivity index (χ4v) is 6.33. The summed E-state index contributed by atoms with van der Waals surface area (Å²) in [5.74, 6) is -0.324. The Balaban J connectivity index is 1.34. The Kier molecular flexibility index (Phi) is 4.76. The zero-order valence-electron chi connectivity index (χ0n) is 17.1. The number of hydrogen-bond acceptors (Lipinski definition) is 5. The van der Waals surface area contributed by atoms with Crippen LogP contribution in [0.3, 0.4) is 0 Å². The van der Waals surface area contributed by atoms with Crippen molar-refractivity contribution in [2.24, 2.45) is 5.92 Å². The maximum Gasteiger partial charge on any atom is 0.325 e. The van der Waals surface area contributed by atoms with E-state index in [0.29, 0.717) is 13.0 Å². The number of nitrogens with zero attached hydrogens (tertiary/aromatic N) is 3. The summed E-state index contributed by atoms with van der Waals surface area (Å²) < 4.78 is 1.11. The number of urea groups is 1. The summed E-state index contributed by atoms with van der Waals surface area (Å²) in [6.45, 7) is 2.46. The molecule has 1 saturated carbocycles. The van der Waals surface area contributed by atoms with Gasteiger partial charge in [-0.25, -0.2) is 9.78 Å². The molecule has 1 aromatic heterocycles. The molecular weight excluding hydrogens is 400 g/mol. The van der Waals surface area contributed by atoms with Crippen LogP contribution in [-0.4, -0.2) is 51.3 Å². The summed E-state index contributed by atoms with van der Waals surface area (Å²) in [4.78, 5) is 46.7. The van der Waals surface area contributed by atoms with Crippen molar-refractivity contribution in [1.82, 2.24) is 20.1 Å². The molecular formula is C22H26N4O3S. The van der Waals surface area contributed by atoms with Crippen LogP contribution in [0.1, 0.15) is 56.5 Å². The van der Waals surface area contributed by atoms with Gasteiger partial charge in [-0.2, -0.15) is 0 Å². The van der Waals surface area contributed by atoms with Crippen molar-refractivity contribution < 1.29 is 14.4 Å². The van der Waals surface area contributed by atoms with Crippen molar-refractivity contribution in [3.63, 3.8) is 0 Å². The number of benzene rings is 1. The Morgan fingerprint density at radius 1 is 1.23 bits per heavy atom. The zero-order valence-corrected chi connectivity index (χ0v) is 17.9. The molecule has 8 heteroatoms. The van der Waals surface area contributed by atoms with E-state index in [0.717, 1.165) is 52.2 Å². The molecule has 1 spiro atoms. The molecule has 3 aliphatic rings. The van der Waals surface area contributed by atoms with Gasteiger partial charge in [0.15, 0.2) is 0 Å². The van der Waals surface area contributed by atoms with Crippen LogP contribution in [0, 0.1) is 5.92 Å². The highest BCUT2D eigenvalue weighted by Crippen LogP contribution is 2.39. The lowest BCUT2D eigenvalue weighted by molar-refractivity contribution is -0.141. The molecule has 0 unspecified atom stereocenters. The van der Waals surface area contributed by atoms with Crippen LogP contribution in [-0.2, 0) is 9.59 Å². The van der Waals surface area contributed by atoms with Crippen molar-refractivity contribution >= 4 is 39.4 Å². The fraction of sp³-hybridized carbons (Fsp3) is 0.545. The Hall–Kier alpha value is -2.48. The Bertz CT molecular complexity index is 988. The maximum atomic E-state index is 13.2. The van der Waals surface area contributed by atoms with Crippen LogP contribution in [0.15, 0.2) is 24.3 Å². The highest BCUT2D eigenvalue weighted by Gasteiger charge is 2.55. The highest BCUT2D eigenvalue weighted by molar-refractivity contribution is 7.18. The number of para-hydroxylation sites is 1. The van der Waals surface area contributed by atoms with Crippen LogP contribution in [0.25, 0.3) is 10.2 Å². The third-order valence-corrected chi connectivity index (χ3v) is 8.10. The molecule has 2 aromatic rings. The van der Waals surface area contributed by atoms with E-state index in [-0.39, 0.29) is 30.3 Å². The molecule has 1 N–H and O–H groups in total. The van der Waals surface area contributed by atoms with Gasteiger partial charge in [-0.05, 0) is 43.7 Å². The van der Waals surface area contributed by atoms with E-state index in [2.05, 4.69) is 5.32 Å². The zero-order chi connectivity index (χ0) is 20.9. The number of aromatic nitrogens is 1. The lowest BCUT2D eigenvalue weighted by Gasteiger charge is -2.36. The SMILES string of the molecule is C[C@@H]1CCCC[C@]12NC(=O)N(CC(=O)N1CCC[C@@H]1c1nc3ccccc3s1)C2=O. The minimum atomic E-state index is -0.826. The van der Waals surface area contributed by atoms with Crippen LogP contribution in [0.5, 0.6) is 0 Å². The summed E-state index contributed by atoms with van der Waals surface area (Å²) in [6.07, 6.45) is 5.31. The molecule has 3 fully saturated rings. The van der Waals surface area contributed by atoms with E-state index >= 15 is 0 Å². The molecule has 2 aliphatic heterocycles. The van der Waals surface area contributed by atoms with Gasteiger partial charge in [-0.1, -0.05) is 31.9 Å². The van der Waals surface area contributed by atoms with E-state index in [1.54, 1.807) is 16.2 Å². The second kappa shape index (κ2) is 7.34. The number of fused-ring (bicyclic) bond motifs is 1. The molecule has 1 aromatic carbocycles. The first-order valence-corrected chi connectivity index (χ1v) is 11.6. The second-order valence-electron chi connectivity index (χ2n) is 8.70. The first-order valence-electron chi connectivity index (χ1n) is 10.8. The Labute approximate surface area is 179 Å². The van der Waals surface area contributed by atoms with E-state index in [9.17, 15) is 14.4 Å². The molecule has 3 heterocycles. The van der Waals surface area contributed by atoms with E-state index in [4.69, 9.17) is 4.98 Å². The standard InChI is InChI=1S/C22H26N4O3S/c1-14-7-4-5-11-22(14)20(28)26(21(29)24-22)13-18(27)25-12-6-9-16(25)19-23-15-8-2-3-10-17(15)30-19/h2-3,8,10,14,16H,4-7,9,11-13H2,1H3,(H,24,29)/t14-,16-,22+/m1/s1. The van der Waals surface area contributed by atoms with Gasteiger partial charge in [0, 0.05) is 6.54 Å². The summed E-state index contributed by atoms with van der Waals surface area (Å²) >= 11 is 1.61. The first kappa shape index (κ1) is 19.5. The summed E-state index contributed by atoms with van der Waals surface area (Å²) in [5.41, 5.74) is 0.117. The molecule has 2 saturated heterocycles. The lowest BCUT2D eigenvalue weighted by atomic mass is 9.73. The molecule has 5 rings (SSSR count). The number of carbonyl (C=O) groups is 3. The van der Waals surface area contributed by atoms with E-state index < -0.39 is 11.6 Å². The van der Waals surface area contributed by atoms with Crippen LogP contribution < -0.4 is 5.32 Å². The number of carbonyl (C=O) groups excluding carboxylic acids is 3. The van der Waals surface area contributed by atoms with Gasteiger partial charge >= 0.3 is 6.03 Å². The minimum Gasteiger partial charge on any atom is -0.332 e. The number of imide groups is 1. The molecule has 4 amide bonds. The van der Waals surface area contributed by atoms with Gasteiger partial charge in [0.25, 0.3) is 5.91 Å². The van der Waals surface area contributed by atoms with Gasteiger partial charge < -0.3 is 10.2 Å². The number of nitrogens with one attached hydrogen (secondary N) is 1. The highest BCUT2D eigenvalue weighted by atomic mass is 32.1. The van der Waals surface area contributed by atoms with Crippen molar-refractivity contribution in [2.75, 3.05) is 13.1 Å². The lowest BCUT2D eigenvalue weighted by Crippen LogP contribution is -2.54. The van der Waals surface area contributed by atoms with Gasteiger partial charge in [-0.3, -0.25) is 14.5 Å². The monoisotopic (exact) mass is 426 g/mol. The van der Waals surface area contributed by atoms with E-state index in [1.165, 1.54) is 0 Å². The molecule has 0 bridgehead atoms. The largest absolute Gasteiger partial charge is 0.332 e.